The Bertz CT molecular complexity index is 775. The molecule has 1 saturated heterocycles. The summed E-state index contributed by atoms with van der Waals surface area (Å²) in [4.78, 5) is 38.0. The van der Waals surface area contributed by atoms with Gasteiger partial charge in [-0.05, 0) is 37.1 Å². The second-order valence-corrected chi connectivity index (χ2v) is 6.83. The van der Waals surface area contributed by atoms with E-state index in [2.05, 4.69) is 0 Å². The van der Waals surface area contributed by atoms with Gasteiger partial charge >= 0.3 is 12.2 Å². The molecule has 1 saturated carbocycles. The molecule has 1 atom stereocenters. The fourth-order valence-corrected chi connectivity index (χ4v) is 3.55. The molecule has 4 amide bonds. The monoisotopic (exact) mass is 399 g/mol. The second-order valence-electron chi connectivity index (χ2n) is 6.83. The number of carbonyl (C=O) groups excluding carboxylic acids is 3. The quantitative estimate of drug-likeness (QED) is 0.762. The zero-order valence-electron chi connectivity index (χ0n) is 15.1. The zero-order chi connectivity index (χ0) is 20.5. The summed E-state index contributed by atoms with van der Waals surface area (Å²) in [5.74, 6) is -2.23. The lowest BCUT2D eigenvalue weighted by Gasteiger charge is -2.32. The van der Waals surface area contributed by atoms with Crippen molar-refractivity contribution in [1.29, 1.82) is 0 Å². The van der Waals surface area contributed by atoms with Crippen LogP contribution in [-0.4, -0.2) is 47.7 Å². The third-order valence-electron chi connectivity index (χ3n) is 5.07. The van der Waals surface area contributed by atoms with Gasteiger partial charge in [-0.1, -0.05) is 19.3 Å². The number of carbonyl (C=O) groups is 3. The minimum absolute atomic E-state index is 0.109. The summed E-state index contributed by atoms with van der Waals surface area (Å²) in [7, 11) is 1.40. The van der Waals surface area contributed by atoms with Gasteiger partial charge in [0.25, 0.3) is 17.5 Å². The molecule has 0 radical (unpaired) electrons. The molecule has 0 aromatic heterocycles. The second kappa shape index (κ2) is 7.33. The zero-order valence-corrected chi connectivity index (χ0v) is 15.1. The van der Waals surface area contributed by atoms with Gasteiger partial charge in [-0.15, -0.1) is 0 Å². The minimum atomic E-state index is -5.22. The van der Waals surface area contributed by atoms with Crippen LogP contribution in [0.3, 0.4) is 0 Å². The summed E-state index contributed by atoms with van der Waals surface area (Å²) in [5.41, 5.74) is -3.60. The third kappa shape index (κ3) is 3.38. The van der Waals surface area contributed by atoms with Crippen LogP contribution in [0.2, 0.25) is 0 Å². The number of methoxy groups -OCH3 is 1. The van der Waals surface area contributed by atoms with Gasteiger partial charge < -0.3 is 10.1 Å². The molecule has 2 N–H and O–H groups in total. The molecule has 2 fully saturated rings. The van der Waals surface area contributed by atoms with Gasteiger partial charge in [0.1, 0.15) is 5.75 Å². The lowest BCUT2D eigenvalue weighted by molar-refractivity contribution is -0.200. The molecule has 3 rings (SSSR count). The van der Waals surface area contributed by atoms with Crippen molar-refractivity contribution >= 4 is 17.8 Å². The first-order valence-electron chi connectivity index (χ1n) is 8.88. The van der Waals surface area contributed by atoms with E-state index in [1.54, 1.807) is 10.6 Å². The number of nitrogens with zero attached hydrogens (tertiary/aromatic N) is 1. The highest BCUT2D eigenvalue weighted by Gasteiger charge is 2.69. The van der Waals surface area contributed by atoms with Crippen LogP contribution < -0.4 is 15.4 Å². The Kier molecular flexibility index (Phi) is 5.22. The molecule has 0 unspecified atom stereocenters. The fraction of sp³-hybridized carbons (Fsp3) is 0.500. The maximum atomic E-state index is 13.9. The summed E-state index contributed by atoms with van der Waals surface area (Å²) in [6.07, 6.45) is -1.99. The molecule has 2 aliphatic rings. The molecule has 1 aromatic carbocycles. The van der Waals surface area contributed by atoms with Gasteiger partial charge in [-0.25, -0.2) is 4.79 Å². The molecule has 10 heteroatoms. The van der Waals surface area contributed by atoms with E-state index in [0.29, 0.717) is 23.5 Å². The molecule has 28 heavy (non-hydrogen) atoms. The van der Waals surface area contributed by atoms with Crippen molar-refractivity contribution in [2.45, 2.75) is 50.0 Å². The standard InChI is InChI=1S/C18H20F3N3O4/c1-28-13-9-7-11(8-10-13)14(25)22-17(18(19,20)21)15(26)24(16(27)23-17)12-5-3-2-4-6-12/h7-10,12H,2-6H2,1H3,(H,22,25)(H,23,27)/t17-/m0/s1. The van der Waals surface area contributed by atoms with Gasteiger partial charge in [-0.2, -0.15) is 13.2 Å². The molecule has 1 aliphatic carbocycles. The van der Waals surface area contributed by atoms with Crippen LogP contribution >= 0.6 is 0 Å². The van der Waals surface area contributed by atoms with Crippen molar-refractivity contribution in [1.82, 2.24) is 15.5 Å². The van der Waals surface area contributed by atoms with Crippen LogP contribution in [0.15, 0.2) is 24.3 Å². The van der Waals surface area contributed by atoms with E-state index in [-0.39, 0.29) is 5.56 Å². The number of amides is 4. The number of urea groups is 1. The van der Waals surface area contributed by atoms with Gasteiger partial charge in [0.05, 0.1) is 7.11 Å². The predicted octanol–water partition coefficient (Wildman–Crippen LogP) is 2.57. The summed E-state index contributed by atoms with van der Waals surface area (Å²) >= 11 is 0. The molecule has 0 bridgehead atoms. The fourth-order valence-electron chi connectivity index (χ4n) is 3.55. The summed E-state index contributed by atoms with van der Waals surface area (Å²) in [6.45, 7) is 0. The first kappa shape index (κ1) is 20.0. The largest absolute Gasteiger partial charge is 0.497 e. The average molecular weight is 399 g/mol. The predicted molar refractivity (Wildman–Crippen MR) is 91.5 cm³/mol. The van der Waals surface area contributed by atoms with E-state index in [1.165, 1.54) is 31.4 Å². The number of alkyl halides is 3. The van der Waals surface area contributed by atoms with Crippen molar-refractivity contribution in [2.75, 3.05) is 7.11 Å². The first-order valence-corrected chi connectivity index (χ1v) is 8.88. The lowest BCUT2D eigenvalue weighted by Crippen LogP contribution is -2.69. The van der Waals surface area contributed by atoms with E-state index < -0.39 is 35.7 Å². The summed E-state index contributed by atoms with van der Waals surface area (Å²) in [5, 5.41) is 3.39. The Balaban J connectivity index is 1.89. The molecular formula is C18H20F3N3O4. The summed E-state index contributed by atoms with van der Waals surface area (Å²) < 4.78 is 46.6. The van der Waals surface area contributed by atoms with E-state index >= 15 is 0 Å². The Hall–Kier alpha value is -2.78. The molecule has 1 aromatic rings. The Morgan fingerprint density at radius 3 is 2.32 bits per heavy atom. The van der Waals surface area contributed by atoms with Crippen molar-refractivity contribution in [2.24, 2.45) is 0 Å². The number of hydrogen-bond donors (Lipinski definition) is 2. The van der Waals surface area contributed by atoms with Gasteiger partial charge in [-0.3, -0.25) is 19.8 Å². The number of imide groups is 1. The third-order valence-corrected chi connectivity index (χ3v) is 5.07. The van der Waals surface area contributed by atoms with Crippen LogP contribution in [0.4, 0.5) is 18.0 Å². The van der Waals surface area contributed by atoms with Crippen molar-refractivity contribution in [3.8, 4) is 5.75 Å². The van der Waals surface area contributed by atoms with Gasteiger partial charge in [0.2, 0.25) is 0 Å². The summed E-state index contributed by atoms with van der Waals surface area (Å²) in [6, 6.07) is 3.57. The Morgan fingerprint density at radius 2 is 1.79 bits per heavy atom. The normalized spacial score (nSPS) is 23.5. The smallest absolute Gasteiger partial charge is 0.440 e. The highest BCUT2D eigenvalue weighted by molar-refractivity contribution is 6.10. The first-order chi connectivity index (χ1) is 13.2. The molecule has 0 spiro atoms. The maximum Gasteiger partial charge on any atom is 0.440 e. The van der Waals surface area contributed by atoms with E-state index in [0.717, 1.165) is 19.3 Å². The van der Waals surface area contributed by atoms with Crippen molar-refractivity contribution in [3.05, 3.63) is 29.8 Å². The number of ether oxygens (including phenoxy) is 1. The van der Waals surface area contributed by atoms with Crippen molar-refractivity contribution in [3.63, 3.8) is 0 Å². The van der Waals surface area contributed by atoms with Crippen LogP contribution in [0, 0.1) is 0 Å². The maximum absolute atomic E-state index is 13.9. The topological polar surface area (TPSA) is 87.7 Å². The minimum Gasteiger partial charge on any atom is -0.497 e. The molecular weight excluding hydrogens is 379 g/mol. The number of nitrogens with one attached hydrogen (secondary N) is 2. The highest BCUT2D eigenvalue weighted by atomic mass is 19.4. The van der Waals surface area contributed by atoms with Crippen LogP contribution in [0.25, 0.3) is 0 Å². The average Bonchev–Trinajstić information content (AvgIpc) is 2.93. The van der Waals surface area contributed by atoms with E-state index in [9.17, 15) is 27.6 Å². The SMILES string of the molecule is COc1ccc(C(=O)N[C@]2(C(F)(F)F)NC(=O)N(C3CCCCC3)C2=O)cc1. The Morgan fingerprint density at radius 1 is 1.18 bits per heavy atom. The lowest BCUT2D eigenvalue weighted by atomic mass is 9.94. The molecule has 1 aliphatic heterocycles. The van der Waals surface area contributed by atoms with Crippen LogP contribution in [0.1, 0.15) is 42.5 Å². The van der Waals surface area contributed by atoms with Gasteiger partial charge in [0.15, 0.2) is 0 Å². The van der Waals surface area contributed by atoms with Crippen molar-refractivity contribution < 1.29 is 32.3 Å². The van der Waals surface area contributed by atoms with E-state index in [4.69, 9.17) is 4.74 Å². The van der Waals surface area contributed by atoms with Crippen LogP contribution in [-0.2, 0) is 4.79 Å². The number of rotatable bonds is 4. The van der Waals surface area contributed by atoms with E-state index in [1.807, 2.05) is 0 Å². The Labute approximate surface area is 159 Å². The molecule has 7 nitrogen and oxygen atoms in total. The van der Waals surface area contributed by atoms with Gasteiger partial charge in [0, 0.05) is 11.6 Å². The molecule has 152 valence electrons. The highest BCUT2D eigenvalue weighted by Crippen LogP contribution is 2.36. The number of hydrogen-bond acceptors (Lipinski definition) is 4. The van der Waals surface area contributed by atoms with Crippen LogP contribution in [0.5, 0.6) is 5.75 Å². The number of benzene rings is 1. The number of halogens is 3. The molecule has 1 heterocycles.